The summed E-state index contributed by atoms with van der Waals surface area (Å²) in [6.45, 7) is 0. The Bertz CT molecular complexity index is 1190. The molecule has 0 aromatic heterocycles. The lowest BCUT2D eigenvalue weighted by molar-refractivity contribution is -0.137. The van der Waals surface area contributed by atoms with Crippen molar-refractivity contribution in [2.45, 2.75) is 12.0 Å². The Morgan fingerprint density at radius 2 is 1.09 bits per heavy atom. The third-order valence-corrected chi connectivity index (χ3v) is 6.89. The molecule has 1 atom stereocenters. The molecule has 0 saturated carbocycles. The van der Waals surface area contributed by atoms with E-state index in [0.29, 0.717) is 22.7 Å². The van der Waals surface area contributed by atoms with Gasteiger partial charge in [0.2, 0.25) is 0 Å². The summed E-state index contributed by atoms with van der Waals surface area (Å²) in [6.07, 6.45) is -4.46. The first kappa shape index (κ1) is 23.5. The van der Waals surface area contributed by atoms with Crippen LogP contribution in [0.3, 0.4) is 0 Å². The summed E-state index contributed by atoms with van der Waals surface area (Å²) < 4.78 is 65.4. The van der Waals surface area contributed by atoms with E-state index in [9.17, 15) is 17.7 Å². The van der Waals surface area contributed by atoms with Crippen LogP contribution >= 0.6 is 7.60 Å². The summed E-state index contributed by atoms with van der Waals surface area (Å²) in [5, 5.41) is 3.07. The Hall–Kier alpha value is -3.70. The Kier molecular flexibility index (Phi) is 6.94. The van der Waals surface area contributed by atoms with E-state index >= 15 is 0 Å². The molecule has 4 rings (SSSR count). The third-order valence-electron chi connectivity index (χ3n) is 4.90. The van der Waals surface area contributed by atoms with Gasteiger partial charge in [0, 0.05) is 5.69 Å². The fourth-order valence-electron chi connectivity index (χ4n) is 3.27. The second kappa shape index (κ2) is 10.1. The maximum absolute atomic E-state index is 14.4. The van der Waals surface area contributed by atoms with E-state index in [1.807, 2.05) is 0 Å². The van der Waals surface area contributed by atoms with Crippen molar-refractivity contribution >= 4 is 13.3 Å². The first-order valence-electron chi connectivity index (χ1n) is 10.4. The van der Waals surface area contributed by atoms with Crippen molar-refractivity contribution in [1.82, 2.24) is 0 Å². The molecular weight excluding hydrogens is 462 g/mol. The molecule has 0 aliphatic rings. The van der Waals surface area contributed by atoms with Crippen LogP contribution in [0.5, 0.6) is 11.5 Å². The zero-order chi connectivity index (χ0) is 24.0. The van der Waals surface area contributed by atoms with E-state index in [1.165, 1.54) is 12.1 Å². The van der Waals surface area contributed by atoms with E-state index in [4.69, 9.17) is 9.05 Å². The minimum atomic E-state index is -4.46. The standard InChI is InChI=1S/C26H21F3NO3P/c27-26(28,29)21-16-18-22(19-17-21)30-25(20-10-4-1-5-11-20)34(31,32-23-12-6-2-7-13-23)33-24-14-8-3-9-15-24/h1-19,25,30H/t25-/m1/s1. The first-order chi connectivity index (χ1) is 16.3. The maximum atomic E-state index is 14.4. The van der Waals surface area contributed by atoms with Crippen molar-refractivity contribution in [3.05, 3.63) is 126 Å². The third kappa shape index (κ3) is 5.80. The molecule has 0 heterocycles. The molecular formula is C26H21F3NO3P. The average Bonchev–Trinajstić information content (AvgIpc) is 2.84. The summed E-state index contributed by atoms with van der Waals surface area (Å²) in [7, 11) is -4.04. The van der Waals surface area contributed by atoms with Crippen LogP contribution in [0.25, 0.3) is 0 Å². The van der Waals surface area contributed by atoms with Crippen LogP contribution in [0, 0.1) is 0 Å². The summed E-state index contributed by atoms with van der Waals surface area (Å²) in [6, 6.07) is 30.5. The largest absolute Gasteiger partial charge is 0.457 e. The zero-order valence-corrected chi connectivity index (χ0v) is 18.7. The lowest BCUT2D eigenvalue weighted by Gasteiger charge is -2.29. The number of anilines is 1. The molecule has 0 radical (unpaired) electrons. The van der Waals surface area contributed by atoms with E-state index < -0.39 is 25.1 Å². The van der Waals surface area contributed by atoms with Crippen LogP contribution in [0.2, 0.25) is 0 Å². The van der Waals surface area contributed by atoms with Gasteiger partial charge in [0.25, 0.3) is 0 Å². The van der Waals surface area contributed by atoms with E-state index in [-0.39, 0.29) is 0 Å². The number of benzene rings is 4. The number of para-hydroxylation sites is 2. The normalized spacial score (nSPS) is 12.6. The second-order valence-electron chi connectivity index (χ2n) is 7.38. The predicted octanol–water partition coefficient (Wildman–Crippen LogP) is 8.17. The Labute approximate surface area is 195 Å². The fourth-order valence-corrected chi connectivity index (χ4v) is 5.20. The van der Waals surface area contributed by atoms with Crippen LogP contribution < -0.4 is 14.4 Å². The SMILES string of the molecule is O=P(Oc1ccccc1)(Oc1ccccc1)[C@@H](Nc1ccc(C(F)(F)F)cc1)c1ccccc1. The summed E-state index contributed by atoms with van der Waals surface area (Å²) in [5.74, 6) is -0.361. The smallest absolute Gasteiger partial charge is 0.414 e. The Balaban J connectivity index is 1.75. The topological polar surface area (TPSA) is 47.6 Å². The van der Waals surface area contributed by atoms with Crippen LogP contribution in [0.15, 0.2) is 115 Å². The molecule has 0 unspecified atom stereocenters. The Morgan fingerprint density at radius 1 is 0.647 bits per heavy atom. The van der Waals surface area contributed by atoms with Gasteiger partial charge in [-0.15, -0.1) is 0 Å². The highest BCUT2D eigenvalue weighted by molar-refractivity contribution is 7.55. The van der Waals surface area contributed by atoms with Gasteiger partial charge >= 0.3 is 13.8 Å². The maximum Gasteiger partial charge on any atom is 0.457 e. The van der Waals surface area contributed by atoms with Crippen LogP contribution in [0.1, 0.15) is 16.9 Å². The molecule has 0 aliphatic heterocycles. The minimum absolute atomic E-state index is 0.329. The highest BCUT2D eigenvalue weighted by Gasteiger charge is 2.41. The molecule has 34 heavy (non-hydrogen) atoms. The number of rotatable bonds is 8. The molecule has 1 N–H and O–H groups in total. The predicted molar refractivity (Wildman–Crippen MR) is 126 cm³/mol. The molecule has 0 bridgehead atoms. The van der Waals surface area contributed by atoms with E-state index in [0.717, 1.165) is 12.1 Å². The number of hydrogen-bond donors (Lipinski definition) is 1. The number of halogens is 3. The van der Waals surface area contributed by atoms with Gasteiger partial charge in [0.15, 0.2) is 5.78 Å². The quantitative estimate of drug-likeness (QED) is 0.257. The Morgan fingerprint density at radius 3 is 1.53 bits per heavy atom. The van der Waals surface area contributed by atoms with Gasteiger partial charge in [-0.2, -0.15) is 13.2 Å². The molecule has 0 fully saturated rings. The highest BCUT2D eigenvalue weighted by Crippen LogP contribution is 2.60. The summed E-state index contributed by atoms with van der Waals surface area (Å²) in [4.78, 5) is 0. The van der Waals surface area contributed by atoms with Crippen LogP contribution in [-0.2, 0) is 10.7 Å². The zero-order valence-electron chi connectivity index (χ0n) is 17.9. The number of alkyl halides is 3. The second-order valence-corrected chi connectivity index (χ2v) is 9.34. The number of nitrogens with one attached hydrogen (secondary N) is 1. The van der Waals surface area contributed by atoms with Crippen molar-refractivity contribution in [3.63, 3.8) is 0 Å². The lowest BCUT2D eigenvalue weighted by Crippen LogP contribution is -2.18. The molecule has 174 valence electrons. The van der Waals surface area contributed by atoms with Gasteiger partial charge < -0.3 is 14.4 Å². The highest BCUT2D eigenvalue weighted by atomic mass is 31.2. The van der Waals surface area contributed by atoms with Crippen molar-refractivity contribution in [3.8, 4) is 11.5 Å². The van der Waals surface area contributed by atoms with Crippen LogP contribution in [0.4, 0.5) is 18.9 Å². The van der Waals surface area contributed by atoms with Gasteiger partial charge in [0.05, 0.1) is 5.56 Å². The van der Waals surface area contributed by atoms with E-state index in [2.05, 4.69) is 5.32 Å². The monoisotopic (exact) mass is 483 g/mol. The van der Waals surface area contributed by atoms with Gasteiger partial charge in [0.1, 0.15) is 11.5 Å². The van der Waals surface area contributed by atoms with Crippen molar-refractivity contribution < 1.29 is 26.8 Å². The van der Waals surface area contributed by atoms with Gasteiger partial charge in [-0.25, -0.2) is 4.57 Å². The van der Waals surface area contributed by atoms with Crippen molar-refractivity contribution in [2.75, 3.05) is 5.32 Å². The lowest BCUT2D eigenvalue weighted by atomic mass is 10.2. The first-order valence-corrected chi connectivity index (χ1v) is 12.0. The molecule has 0 amide bonds. The minimum Gasteiger partial charge on any atom is -0.414 e. The average molecular weight is 483 g/mol. The molecule has 0 saturated heterocycles. The summed E-state index contributed by atoms with van der Waals surface area (Å²) in [5.41, 5.74) is 0.131. The molecule has 0 aliphatic carbocycles. The van der Waals surface area contributed by atoms with Gasteiger partial charge in [-0.3, -0.25) is 0 Å². The molecule has 8 heteroatoms. The van der Waals surface area contributed by atoms with E-state index in [1.54, 1.807) is 91.0 Å². The van der Waals surface area contributed by atoms with Crippen LogP contribution in [-0.4, -0.2) is 0 Å². The van der Waals surface area contributed by atoms with Gasteiger partial charge in [-0.1, -0.05) is 66.7 Å². The molecule has 4 nitrogen and oxygen atoms in total. The molecule has 4 aromatic rings. The molecule has 4 aromatic carbocycles. The molecule has 0 spiro atoms. The van der Waals surface area contributed by atoms with Gasteiger partial charge in [-0.05, 0) is 54.1 Å². The van der Waals surface area contributed by atoms with Crippen molar-refractivity contribution in [2.24, 2.45) is 0 Å². The number of hydrogen-bond acceptors (Lipinski definition) is 4. The van der Waals surface area contributed by atoms with Crippen molar-refractivity contribution in [1.29, 1.82) is 0 Å². The summed E-state index contributed by atoms with van der Waals surface area (Å²) >= 11 is 0. The fraction of sp³-hybridized carbons (Fsp3) is 0.0769.